The van der Waals surface area contributed by atoms with Crippen molar-refractivity contribution in [3.05, 3.63) is 51.7 Å². The molecule has 0 aliphatic carbocycles. The molecule has 7 nitrogen and oxygen atoms in total. The molecule has 0 unspecified atom stereocenters. The molecule has 0 saturated carbocycles. The summed E-state index contributed by atoms with van der Waals surface area (Å²) in [6.07, 6.45) is 0. The molecule has 1 aromatic carbocycles. The normalized spacial score (nSPS) is 18.7. The second-order valence-electron chi connectivity index (χ2n) is 7.52. The Morgan fingerprint density at radius 1 is 1.06 bits per heavy atom. The topological polar surface area (TPSA) is 79.0 Å². The Bertz CT molecular complexity index is 997. The number of hydrogen-bond acceptors (Lipinski definition) is 7. The summed E-state index contributed by atoms with van der Waals surface area (Å²) in [5.74, 6) is 1.22. The van der Waals surface area contributed by atoms with Crippen molar-refractivity contribution in [1.82, 2.24) is 14.5 Å². The van der Waals surface area contributed by atoms with Crippen LogP contribution in [0.1, 0.15) is 20.8 Å². The Kier molecular flexibility index (Phi) is 7.68. The van der Waals surface area contributed by atoms with Gasteiger partial charge >= 0.3 is 0 Å². The molecule has 168 valence electrons. The molecule has 3 heterocycles. The number of morpholine rings is 1. The van der Waals surface area contributed by atoms with Gasteiger partial charge in [0.1, 0.15) is 9.77 Å². The van der Waals surface area contributed by atoms with Gasteiger partial charge in [-0.25, -0.2) is 8.42 Å². The lowest BCUT2D eigenvalue weighted by Crippen LogP contribution is -2.38. The third-order valence-corrected chi connectivity index (χ3v) is 9.30. The lowest BCUT2D eigenvalue weighted by atomic mass is 10.1. The van der Waals surface area contributed by atoms with Gasteiger partial charge in [-0.2, -0.15) is 16.1 Å². The number of nitrogens with one attached hydrogen (secondary N) is 1. The van der Waals surface area contributed by atoms with Crippen LogP contribution >= 0.6 is 23.1 Å². The van der Waals surface area contributed by atoms with Crippen LogP contribution in [-0.4, -0.2) is 74.4 Å². The summed E-state index contributed by atoms with van der Waals surface area (Å²) in [4.78, 5) is 15.5. The molecule has 2 fully saturated rings. The van der Waals surface area contributed by atoms with Crippen LogP contribution in [0.15, 0.2) is 40.6 Å². The SMILES string of the molecule is O=C(NCc1cccc(CN2CCOCC2)c1)c1sccc1S(=O)(=O)N1CCSCC1. The lowest BCUT2D eigenvalue weighted by Gasteiger charge is -2.26. The maximum absolute atomic E-state index is 13.0. The van der Waals surface area contributed by atoms with Gasteiger partial charge in [-0.05, 0) is 22.6 Å². The van der Waals surface area contributed by atoms with Crippen LogP contribution < -0.4 is 5.32 Å². The number of amides is 1. The third kappa shape index (κ3) is 5.68. The zero-order valence-corrected chi connectivity index (χ0v) is 19.7. The fourth-order valence-electron chi connectivity index (χ4n) is 3.71. The summed E-state index contributed by atoms with van der Waals surface area (Å²) >= 11 is 2.92. The average Bonchev–Trinajstić information content (AvgIpc) is 3.30. The Morgan fingerprint density at radius 2 is 1.81 bits per heavy atom. The largest absolute Gasteiger partial charge is 0.379 e. The molecule has 0 spiro atoms. The first-order valence-corrected chi connectivity index (χ1v) is 13.8. The zero-order valence-electron chi connectivity index (χ0n) is 17.3. The molecule has 0 bridgehead atoms. The van der Waals surface area contributed by atoms with Gasteiger partial charge in [-0.3, -0.25) is 9.69 Å². The predicted octanol–water partition coefficient (Wildman–Crippen LogP) is 2.25. The summed E-state index contributed by atoms with van der Waals surface area (Å²) in [6.45, 7) is 5.55. The Labute approximate surface area is 191 Å². The predicted molar refractivity (Wildman–Crippen MR) is 124 cm³/mol. The highest BCUT2D eigenvalue weighted by Crippen LogP contribution is 2.27. The van der Waals surface area contributed by atoms with Crippen molar-refractivity contribution in [1.29, 1.82) is 0 Å². The van der Waals surface area contributed by atoms with E-state index in [2.05, 4.69) is 22.3 Å². The molecule has 4 rings (SSSR count). The smallest absolute Gasteiger partial charge is 0.263 e. The molecule has 1 aromatic heterocycles. The molecule has 2 saturated heterocycles. The number of nitrogens with zero attached hydrogens (tertiary/aromatic N) is 2. The lowest BCUT2D eigenvalue weighted by molar-refractivity contribution is 0.0342. The number of hydrogen-bond donors (Lipinski definition) is 1. The Hall–Kier alpha value is -1.43. The van der Waals surface area contributed by atoms with Crippen LogP contribution in [0.5, 0.6) is 0 Å². The van der Waals surface area contributed by atoms with Gasteiger partial charge in [0.05, 0.1) is 13.2 Å². The summed E-state index contributed by atoms with van der Waals surface area (Å²) in [6, 6.07) is 9.68. The van der Waals surface area contributed by atoms with Crippen LogP contribution in [0, 0.1) is 0 Å². The minimum Gasteiger partial charge on any atom is -0.379 e. The summed E-state index contributed by atoms with van der Waals surface area (Å²) < 4.78 is 32.9. The summed E-state index contributed by atoms with van der Waals surface area (Å²) in [7, 11) is -3.65. The molecule has 0 radical (unpaired) electrons. The molecule has 2 aromatic rings. The van der Waals surface area contributed by atoms with Crippen molar-refractivity contribution in [3.63, 3.8) is 0 Å². The average molecular weight is 482 g/mol. The van der Waals surface area contributed by atoms with E-state index in [9.17, 15) is 13.2 Å². The first kappa shape index (κ1) is 22.8. The van der Waals surface area contributed by atoms with Crippen molar-refractivity contribution in [2.75, 3.05) is 50.9 Å². The summed E-state index contributed by atoms with van der Waals surface area (Å²) in [5, 5.41) is 4.57. The molecule has 2 aliphatic heterocycles. The van der Waals surface area contributed by atoms with E-state index in [0.29, 0.717) is 19.6 Å². The van der Waals surface area contributed by atoms with Crippen LogP contribution in [0.4, 0.5) is 0 Å². The van der Waals surface area contributed by atoms with E-state index in [0.717, 1.165) is 49.9 Å². The highest BCUT2D eigenvalue weighted by molar-refractivity contribution is 7.99. The van der Waals surface area contributed by atoms with Crippen molar-refractivity contribution in [2.24, 2.45) is 0 Å². The number of rotatable bonds is 7. The maximum Gasteiger partial charge on any atom is 0.263 e. The third-order valence-electron chi connectivity index (χ3n) is 5.38. The minimum absolute atomic E-state index is 0.114. The fraction of sp³-hybridized carbons (Fsp3) is 0.476. The maximum atomic E-state index is 13.0. The molecular formula is C21H27N3O4S3. The van der Waals surface area contributed by atoms with Gasteiger partial charge in [-0.15, -0.1) is 11.3 Å². The fourth-order valence-corrected chi connectivity index (χ4v) is 7.60. The number of sulfonamides is 1. The second kappa shape index (κ2) is 10.5. The number of benzene rings is 1. The van der Waals surface area contributed by atoms with Gasteiger partial charge in [0.25, 0.3) is 5.91 Å². The van der Waals surface area contributed by atoms with E-state index < -0.39 is 10.0 Å². The molecule has 10 heteroatoms. The minimum atomic E-state index is -3.65. The molecule has 0 atom stereocenters. The van der Waals surface area contributed by atoms with Crippen LogP contribution in [0.25, 0.3) is 0 Å². The first-order chi connectivity index (χ1) is 15.0. The molecular weight excluding hydrogens is 454 g/mol. The van der Waals surface area contributed by atoms with Gasteiger partial charge in [0.15, 0.2) is 0 Å². The standard InChI is InChI=1S/C21H27N3O4S3/c25-21(20-19(4-11-30-20)31(26,27)24-7-12-29-13-8-24)22-15-17-2-1-3-18(14-17)16-23-5-9-28-10-6-23/h1-4,11,14H,5-10,12-13,15-16H2,(H,22,25). The zero-order chi connectivity index (χ0) is 21.7. The van der Waals surface area contributed by atoms with Gasteiger partial charge < -0.3 is 10.1 Å². The van der Waals surface area contributed by atoms with E-state index in [1.807, 2.05) is 12.1 Å². The summed E-state index contributed by atoms with van der Waals surface area (Å²) in [5.41, 5.74) is 2.18. The molecule has 2 aliphatic rings. The van der Waals surface area contributed by atoms with Crippen LogP contribution in [-0.2, 0) is 27.8 Å². The number of thioether (sulfide) groups is 1. The van der Waals surface area contributed by atoms with Gasteiger partial charge in [0, 0.05) is 50.8 Å². The Morgan fingerprint density at radius 3 is 2.58 bits per heavy atom. The van der Waals surface area contributed by atoms with E-state index in [1.54, 1.807) is 23.2 Å². The second-order valence-corrected chi connectivity index (χ2v) is 11.6. The number of carbonyl (C=O) groups is 1. The van der Waals surface area contributed by atoms with Gasteiger partial charge in [0.2, 0.25) is 10.0 Å². The Balaban J connectivity index is 1.40. The van der Waals surface area contributed by atoms with E-state index >= 15 is 0 Å². The van der Waals surface area contributed by atoms with Crippen molar-refractivity contribution < 1.29 is 17.9 Å². The number of ether oxygens (including phenoxy) is 1. The highest BCUT2D eigenvalue weighted by atomic mass is 32.2. The number of carbonyl (C=O) groups excluding carboxylic acids is 1. The van der Waals surface area contributed by atoms with Gasteiger partial charge in [-0.1, -0.05) is 24.3 Å². The van der Waals surface area contributed by atoms with Crippen LogP contribution in [0.2, 0.25) is 0 Å². The van der Waals surface area contributed by atoms with E-state index in [4.69, 9.17) is 4.74 Å². The van der Waals surface area contributed by atoms with E-state index in [-0.39, 0.29) is 15.7 Å². The van der Waals surface area contributed by atoms with Crippen LogP contribution in [0.3, 0.4) is 0 Å². The van der Waals surface area contributed by atoms with Crippen molar-refractivity contribution >= 4 is 39.0 Å². The highest BCUT2D eigenvalue weighted by Gasteiger charge is 2.31. The molecule has 1 amide bonds. The van der Waals surface area contributed by atoms with E-state index in [1.165, 1.54) is 21.2 Å². The molecule has 31 heavy (non-hydrogen) atoms. The molecule has 1 N–H and O–H groups in total. The number of thiophene rings is 1. The quantitative estimate of drug-likeness (QED) is 0.654. The first-order valence-electron chi connectivity index (χ1n) is 10.4. The monoisotopic (exact) mass is 481 g/mol. The van der Waals surface area contributed by atoms with Crippen molar-refractivity contribution in [2.45, 2.75) is 18.0 Å². The van der Waals surface area contributed by atoms with Crippen molar-refractivity contribution in [3.8, 4) is 0 Å².